The summed E-state index contributed by atoms with van der Waals surface area (Å²) in [5.41, 5.74) is 0. The van der Waals surface area contributed by atoms with Crippen LogP contribution in [0.15, 0.2) is 30.3 Å². The Kier molecular flexibility index (Phi) is 3.63. The lowest BCUT2D eigenvalue weighted by atomic mass is 10.3. The van der Waals surface area contributed by atoms with Gasteiger partial charge in [-0.25, -0.2) is 4.79 Å². The number of nitrogens with one attached hydrogen (secondary N) is 2. The van der Waals surface area contributed by atoms with Gasteiger partial charge in [-0.15, -0.1) is 0 Å². The lowest BCUT2D eigenvalue weighted by Gasteiger charge is -1.82. The molecule has 4 heteroatoms. The maximum atomic E-state index is 10.0. The number of hydrogen-bond acceptors (Lipinski definition) is 2. The molecule has 1 aliphatic heterocycles. The van der Waals surface area contributed by atoms with Gasteiger partial charge in [0.05, 0.1) is 0 Å². The number of phenols is 1. The van der Waals surface area contributed by atoms with E-state index in [0.717, 1.165) is 13.1 Å². The normalized spacial score (nSPS) is 13.7. The van der Waals surface area contributed by atoms with Crippen molar-refractivity contribution in [1.29, 1.82) is 0 Å². The van der Waals surface area contributed by atoms with E-state index >= 15 is 0 Å². The van der Waals surface area contributed by atoms with E-state index < -0.39 is 0 Å². The van der Waals surface area contributed by atoms with Crippen molar-refractivity contribution in [1.82, 2.24) is 10.6 Å². The van der Waals surface area contributed by atoms with Crippen molar-refractivity contribution < 1.29 is 9.90 Å². The van der Waals surface area contributed by atoms with Crippen LogP contribution in [0.5, 0.6) is 5.75 Å². The van der Waals surface area contributed by atoms with Gasteiger partial charge in [-0.05, 0) is 12.1 Å². The first-order valence-corrected chi connectivity index (χ1v) is 4.05. The van der Waals surface area contributed by atoms with Crippen molar-refractivity contribution in [3.8, 4) is 5.75 Å². The van der Waals surface area contributed by atoms with Gasteiger partial charge < -0.3 is 15.7 Å². The molecule has 2 rings (SSSR count). The van der Waals surface area contributed by atoms with Crippen molar-refractivity contribution in [2.75, 3.05) is 13.1 Å². The molecule has 0 atom stereocenters. The summed E-state index contributed by atoms with van der Waals surface area (Å²) in [7, 11) is 0. The average Bonchev–Trinajstić information content (AvgIpc) is 2.58. The zero-order valence-corrected chi connectivity index (χ0v) is 7.16. The van der Waals surface area contributed by atoms with E-state index in [2.05, 4.69) is 10.6 Å². The number of para-hydroxylation sites is 1. The van der Waals surface area contributed by atoms with Gasteiger partial charge in [0.2, 0.25) is 0 Å². The zero-order valence-electron chi connectivity index (χ0n) is 7.16. The predicted octanol–water partition coefficient (Wildman–Crippen LogP) is 0.691. The van der Waals surface area contributed by atoms with Crippen LogP contribution in [0.3, 0.4) is 0 Å². The van der Waals surface area contributed by atoms with Gasteiger partial charge in [0.15, 0.2) is 0 Å². The maximum Gasteiger partial charge on any atom is 0.314 e. The molecule has 4 nitrogen and oxygen atoms in total. The quantitative estimate of drug-likeness (QED) is 0.550. The maximum absolute atomic E-state index is 10.0. The molecule has 1 aromatic rings. The molecule has 1 aromatic carbocycles. The average molecular weight is 180 g/mol. The molecular formula is C9H12N2O2. The molecular weight excluding hydrogens is 168 g/mol. The molecule has 70 valence electrons. The number of aromatic hydroxyl groups is 1. The molecule has 0 aromatic heterocycles. The Hall–Kier alpha value is -1.71. The topological polar surface area (TPSA) is 61.4 Å². The molecule has 0 unspecified atom stereocenters. The third-order valence-electron chi connectivity index (χ3n) is 1.45. The highest BCUT2D eigenvalue weighted by Crippen LogP contribution is 2.02. The zero-order chi connectivity index (χ0) is 9.52. The van der Waals surface area contributed by atoms with Gasteiger partial charge in [-0.1, -0.05) is 18.2 Å². The monoisotopic (exact) mass is 180 g/mol. The minimum atomic E-state index is -0.0463. The number of carbonyl (C=O) groups excluding carboxylic acids is 1. The molecule has 0 spiro atoms. The van der Waals surface area contributed by atoms with Crippen molar-refractivity contribution >= 4 is 6.03 Å². The molecule has 0 radical (unpaired) electrons. The fourth-order valence-electron chi connectivity index (χ4n) is 0.843. The molecule has 13 heavy (non-hydrogen) atoms. The number of amides is 2. The first-order chi connectivity index (χ1) is 6.29. The SMILES string of the molecule is O=C1NCCN1.Oc1ccccc1. The first-order valence-electron chi connectivity index (χ1n) is 4.05. The van der Waals surface area contributed by atoms with Crippen LogP contribution in [0.25, 0.3) is 0 Å². The molecule has 0 saturated carbocycles. The van der Waals surface area contributed by atoms with E-state index in [1.807, 2.05) is 6.07 Å². The van der Waals surface area contributed by atoms with Crippen LogP contribution >= 0.6 is 0 Å². The summed E-state index contributed by atoms with van der Waals surface area (Å²) < 4.78 is 0. The second-order valence-corrected chi connectivity index (χ2v) is 2.52. The second kappa shape index (κ2) is 5.03. The summed E-state index contributed by atoms with van der Waals surface area (Å²) in [6.45, 7) is 1.55. The Morgan fingerprint density at radius 3 is 1.85 bits per heavy atom. The predicted molar refractivity (Wildman–Crippen MR) is 49.5 cm³/mol. The van der Waals surface area contributed by atoms with Crippen LogP contribution in [0.4, 0.5) is 4.79 Å². The smallest absolute Gasteiger partial charge is 0.314 e. The number of phenolic OH excluding ortho intramolecular Hbond substituents is 1. The summed E-state index contributed by atoms with van der Waals surface area (Å²) in [4.78, 5) is 10.0. The number of benzene rings is 1. The van der Waals surface area contributed by atoms with E-state index in [9.17, 15) is 4.79 Å². The third kappa shape index (κ3) is 4.00. The highest BCUT2D eigenvalue weighted by molar-refractivity contribution is 5.75. The summed E-state index contributed by atoms with van der Waals surface area (Å²) in [6, 6.07) is 8.67. The fraction of sp³-hybridized carbons (Fsp3) is 0.222. The van der Waals surface area contributed by atoms with Crippen molar-refractivity contribution in [3.63, 3.8) is 0 Å². The van der Waals surface area contributed by atoms with Gasteiger partial charge in [0.25, 0.3) is 0 Å². The van der Waals surface area contributed by atoms with E-state index in [-0.39, 0.29) is 6.03 Å². The van der Waals surface area contributed by atoms with Crippen LogP contribution in [0.2, 0.25) is 0 Å². The Bertz CT molecular complexity index is 254. The number of rotatable bonds is 0. The molecule has 1 aliphatic rings. The molecule has 2 amide bonds. The number of urea groups is 1. The lowest BCUT2D eigenvalue weighted by molar-refractivity contribution is 0.248. The van der Waals surface area contributed by atoms with E-state index in [0.29, 0.717) is 5.75 Å². The van der Waals surface area contributed by atoms with Crippen LogP contribution in [-0.4, -0.2) is 24.2 Å². The van der Waals surface area contributed by atoms with Gasteiger partial charge in [0.1, 0.15) is 5.75 Å². The molecule has 1 heterocycles. The van der Waals surface area contributed by atoms with E-state index in [4.69, 9.17) is 5.11 Å². The van der Waals surface area contributed by atoms with Gasteiger partial charge >= 0.3 is 6.03 Å². The second-order valence-electron chi connectivity index (χ2n) is 2.52. The summed E-state index contributed by atoms with van der Waals surface area (Å²) in [5, 5.41) is 13.8. The highest BCUT2D eigenvalue weighted by Gasteiger charge is 2.02. The van der Waals surface area contributed by atoms with Crippen molar-refractivity contribution in [2.45, 2.75) is 0 Å². The Morgan fingerprint density at radius 1 is 1.08 bits per heavy atom. The Labute approximate surface area is 76.6 Å². The van der Waals surface area contributed by atoms with E-state index in [1.54, 1.807) is 24.3 Å². The number of hydrogen-bond donors (Lipinski definition) is 3. The highest BCUT2D eigenvalue weighted by atomic mass is 16.3. The minimum absolute atomic E-state index is 0.0463. The van der Waals surface area contributed by atoms with E-state index in [1.165, 1.54) is 0 Å². The minimum Gasteiger partial charge on any atom is -0.508 e. The van der Waals surface area contributed by atoms with Crippen molar-refractivity contribution in [3.05, 3.63) is 30.3 Å². The third-order valence-corrected chi connectivity index (χ3v) is 1.45. The van der Waals surface area contributed by atoms with Crippen LogP contribution in [-0.2, 0) is 0 Å². The summed E-state index contributed by atoms with van der Waals surface area (Å²) in [6.07, 6.45) is 0. The first kappa shape index (κ1) is 9.38. The largest absolute Gasteiger partial charge is 0.508 e. The number of carbonyl (C=O) groups is 1. The summed E-state index contributed by atoms with van der Waals surface area (Å²) >= 11 is 0. The van der Waals surface area contributed by atoms with Crippen LogP contribution in [0.1, 0.15) is 0 Å². The Morgan fingerprint density at radius 2 is 1.62 bits per heavy atom. The van der Waals surface area contributed by atoms with Crippen LogP contribution in [0, 0.1) is 0 Å². The molecule has 3 N–H and O–H groups in total. The molecule has 0 aliphatic carbocycles. The van der Waals surface area contributed by atoms with Crippen molar-refractivity contribution in [2.24, 2.45) is 0 Å². The molecule has 0 bridgehead atoms. The van der Waals surface area contributed by atoms with Crippen LogP contribution < -0.4 is 10.6 Å². The summed E-state index contributed by atoms with van der Waals surface area (Å²) in [5.74, 6) is 0.322. The van der Waals surface area contributed by atoms with Gasteiger partial charge in [-0.2, -0.15) is 0 Å². The fourth-order valence-corrected chi connectivity index (χ4v) is 0.843. The lowest BCUT2D eigenvalue weighted by Crippen LogP contribution is -2.20. The molecule has 1 fully saturated rings. The standard InChI is InChI=1S/C6H6O.C3H6N2O/c7-6-4-2-1-3-5-6;6-3-4-1-2-5-3/h1-5,7H;1-2H2,(H2,4,5,6). The van der Waals surface area contributed by atoms with Gasteiger partial charge in [0, 0.05) is 13.1 Å². The van der Waals surface area contributed by atoms with Gasteiger partial charge in [-0.3, -0.25) is 0 Å². The molecule has 1 saturated heterocycles. The Balaban J connectivity index is 0.000000132.